The van der Waals surface area contributed by atoms with Gasteiger partial charge in [-0.15, -0.1) is 0 Å². The molecule has 0 radical (unpaired) electrons. The number of rotatable bonds is 5. The number of amides is 1. The van der Waals surface area contributed by atoms with Crippen LogP contribution in [0.15, 0.2) is 48.5 Å². The van der Waals surface area contributed by atoms with Crippen molar-refractivity contribution in [2.75, 3.05) is 11.9 Å². The molecule has 0 spiro atoms. The number of nitrogens with one attached hydrogen (secondary N) is 2. The molecule has 0 saturated heterocycles. The molecule has 1 amide bonds. The number of anilines is 1. The number of benzene rings is 2. The first-order valence-corrected chi connectivity index (χ1v) is 6.83. The highest BCUT2D eigenvalue weighted by Gasteiger charge is 2.02. The highest BCUT2D eigenvalue weighted by atomic mass is 35.5. The maximum atomic E-state index is 11.8. The summed E-state index contributed by atoms with van der Waals surface area (Å²) in [6, 6.07) is 15.3. The van der Waals surface area contributed by atoms with Gasteiger partial charge in [-0.05, 0) is 30.7 Å². The molecule has 0 heterocycles. The predicted molar refractivity (Wildman–Crippen MR) is 83.0 cm³/mol. The molecule has 0 aliphatic rings. The van der Waals surface area contributed by atoms with Crippen molar-refractivity contribution in [1.82, 2.24) is 5.32 Å². The molecule has 104 valence electrons. The lowest BCUT2D eigenvalue weighted by Crippen LogP contribution is -2.27. The monoisotopic (exact) mass is 288 g/mol. The highest BCUT2D eigenvalue weighted by molar-refractivity contribution is 6.30. The zero-order valence-corrected chi connectivity index (χ0v) is 12.1. The fourth-order valence-corrected chi connectivity index (χ4v) is 1.99. The molecule has 20 heavy (non-hydrogen) atoms. The molecule has 0 atom stereocenters. The van der Waals surface area contributed by atoms with Gasteiger partial charge >= 0.3 is 0 Å². The third-order valence-electron chi connectivity index (χ3n) is 2.84. The quantitative estimate of drug-likeness (QED) is 0.885. The SMILES string of the molecule is Cc1ccc(CNCC(=O)Nc2cccc(Cl)c2)cc1. The highest BCUT2D eigenvalue weighted by Crippen LogP contribution is 2.14. The van der Waals surface area contributed by atoms with E-state index in [-0.39, 0.29) is 12.5 Å². The van der Waals surface area contributed by atoms with Gasteiger partial charge in [-0.25, -0.2) is 0 Å². The molecule has 0 aromatic heterocycles. The van der Waals surface area contributed by atoms with Crippen LogP contribution in [0.1, 0.15) is 11.1 Å². The minimum absolute atomic E-state index is 0.0839. The summed E-state index contributed by atoms with van der Waals surface area (Å²) in [5, 5.41) is 6.51. The van der Waals surface area contributed by atoms with Crippen LogP contribution in [0, 0.1) is 6.92 Å². The molecule has 0 aliphatic heterocycles. The Morgan fingerprint density at radius 1 is 1.15 bits per heavy atom. The summed E-state index contributed by atoms with van der Waals surface area (Å²) >= 11 is 5.86. The van der Waals surface area contributed by atoms with Crippen LogP contribution in [-0.4, -0.2) is 12.5 Å². The van der Waals surface area contributed by atoms with E-state index in [2.05, 4.69) is 41.8 Å². The van der Waals surface area contributed by atoms with Crippen LogP contribution < -0.4 is 10.6 Å². The Labute approximate surface area is 124 Å². The summed E-state index contributed by atoms with van der Waals surface area (Å²) in [5.41, 5.74) is 3.10. The Hall–Kier alpha value is -1.84. The van der Waals surface area contributed by atoms with Gasteiger partial charge < -0.3 is 10.6 Å². The number of hydrogen-bond donors (Lipinski definition) is 2. The van der Waals surface area contributed by atoms with Crippen molar-refractivity contribution < 1.29 is 4.79 Å². The van der Waals surface area contributed by atoms with E-state index >= 15 is 0 Å². The van der Waals surface area contributed by atoms with Crippen LogP contribution >= 0.6 is 11.6 Å². The Morgan fingerprint density at radius 2 is 1.90 bits per heavy atom. The van der Waals surface area contributed by atoms with Gasteiger partial charge in [0.1, 0.15) is 0 Å². The van der Waals surface area contributed by atoms with Crippen molar-refractivity contribution in [3.8, 4) is 0 Å². The molecule has 2 N–H and O–H groups in total. The summed E-state index contributed by atoms with van der Waals surface area (Å²) < 4.78 is 0. The van der Waals surface area contributed by atoms with E-state index in [0.717, 1.165) is 5.56 Å². The molecule has 0 bridgehead atoms. The van der Waals surface area contributed by atoms with E-state index in [1.165, 1.54) is 5.56 Å². The van der Waals surface area contributed by atoms with E-state index in [1.54, 1.807) is 18.2 Å². The summed E-state index contributed by atoms with van der Waals surface area (Å²) in [6.07, 6.45) is 0. The van der Waals surface area contributed by atoms with Crippen molar-refractivity contribution in [3.05, 3.63) is 64.7 Å². The number of carbonyl (C=O) groups is 1. The fraction of sp³-hybridized carbons (Fsp3) is 0.188. The van der Waals surface area contributed by atoms with Crippen molar-refractivity contribution in [2.24, 2.45) is 0 Å². The van der Waals surface area contributed by atoms with E-state index in [9.17, 15) is 4.79 Å². The van der Waals surface area contributed by atoms with Gasteiger partial charge in [0, 0.05) is 17.3 Å². The molecular weight excluding hydrogens is 272 g/mol. The Bertz CT molecular complexity index is 581. The maximum Gasteiger partial charge on any atom is 0.238 e. The van der Waals surface area contributed by atoms with E-state index in [4.69, 9.17) is 11.6 Å². The van der Waals surface area contributed by atoms with Gasteiger partial charge in [-0.1, -0.05) is 47.5 Å². The average molecular weight is 289 g/mol. The second-order valence-corrected chi connectivity index (χ2v) is 5.08. The number of carbonyl (C=O) groups excluding carboxylic acids is 1. The number of hydrogen-bond acceptors (Lipinski definition) is 2. The van der Waals surface area contributed by atoms with Gasteiger partial charge in [-0.3, -0.25) is 4.79 Å². The second kappa shape index (κ2) is 7.08. The van der Waals surface area contributed by atoms with Gasteiger partial charge in [-0.2, -0.15) is 0 Å². The molecule has 4 heteroatoms. The second-order valence-electron chi connectivity index (χ2n) is 4.65. The zero-order valence-electron chi connectivity index (χ0n) is 11.3. The Kier molecular flexibility index (Phi) is 5.16. The first-order valence-electron chi connectivity index (χ1n) is 6.45. The first kappa shape index (κ1) is 14.6. The zero-order chi connectivity index (χ0) is 14.4. The third-order valence-corrected chi connectivity index (χ3v) is 3.08. The predicted octanol–water partition coefficient (Wildman–Crippen LogP) is 3.38. The van der Waals surface area contributed by atoms with Gasteiger partial charge in [0.05, 0.1) is 6.54 Å². The molecule has 2 aromatic carbocycles. The topological polar surface area (TPSA) is 41.1 Å². The largest absolute Gasteiger partial charge is 0.325 e. The van der Waals surface area contributed by atoms with Crippen LogP contribution in [0.25, 0.3) is 0 Å². The Morgan fingerprint density at radius 3 is 2.60 bits per heavy atom. The minimum atomic E-state index is -0.0839. The van der Waals surface area contributed by atoms with Crippen molar-refractivity contribution in [1.29, 1.82) is 0 Å². The molecule has 2 rings (SSSR count). The molecule has 0 saturated carbocycles. The lowest BCUT2D eigenvalue weighted by atomic mass is 10.1. The van der Waals surface area contributed by atoms with Crippen molar-refractivity contribution in [2.45, 2.75) is 13.5 Å². The van der Waals surface area contributed by atoms with Crippen molar-refractivity contribution in [3.63, 3.8) is 0 Å². The van der Waals surface area contributed by atoms with Crippen molar-refractivity contribution >= 4 is 23.2 Å². The van der Waals surface area contributed by atoms with E-state index < -0.39 is 0 Å². The summed E-state index contributed by atoms with van der Waals surface area (Å²) in [6.45, 7) is 2.99. The molecule has 2 aromatic rings. The normalized spacial score (nSPS) is 10.3. The Balaban J connectivity index is 1.76. The first-order chi connectivity index (χ1) is 9.63. The molecule has 3 nitrogen and oxygen atoms in total. The van der Waals surface area contributed by atoms with Crippen LogP contribution in [0.4, 0.5) is 5.69 Å². The van der Waals surface area contributed by atoms with Crippen LogP contribution in [0.5, 0.6) is 0 Å². The van der Waals surface area contributed by atoms with Gasteiger partial charge in [0.15, 0.2) is 0 Å². The number of halogens is 1. The molecule has 0 aliphatic carbocycles. The summed E-state index contributed by atoms with van der Waals surface area (Å²) in [4.78, 5) is 11.8. The standard InChI is InChI=1S/C16H17ClN2O/c1-12-5-7-13(8-6-12)10-18-11-16(20)19-15-4-2-3-14(17)9-15/h2-9,18H,10-11H2,1H3,(H,19,20). The van der Waals surface area contributed by atoms with E-state index in [0.29, 0.717) is 17.3 Å². The van der Waals surface area contributed by atoms with E-state index in [1.807, 2.05) is 6.07 Å². The summed E-state index contributed by atoms with van der Waals surface area (Å²) in [7, 11) is 0. The van der Waals surface area contributed by atoms with Crippen LogP contribution in [0.3, 0.4) is 0 Å². The third kappa shape index (κ3) is 4.68. The summed E-state index contributed by atoms with van der Waals surface area (Å²) in [5.74, 6) is -0.0839. The molecular formula is C16H17ClN2O. The van der Waals surface area contributed by atoms with Crippen LogP contribution in [-0.2, 0) is 11.3 Å². The minimum Gasteiger partial charge on any atom is -0.325 e. The fourth-order valence-electron chi connectivity index (χ4n) is 1.80. The molecule has 0 unspecified atom stereocenters. The van der Waals surface area contributed by atoms with Crippen LogP contribution in [0.2, 0.25) is 5.02 Å². The van der Waals surface area contributed by atoms with Gasteiger partial charge in [0.25, 0.3) is 0 Å². The smallest absolute Gasteiger partial charge is 0.238 e. The number of aryl methyl sites for hydroxylation is 1. The lowest BCUT2D eigenvalue weighted by Gasteiger charge is -2.07. The average Bonchev–Trinajstić information content (AvgIpc) is 2.41. The lowest BCUT2D eigenvalue weighted by molar-refractivity contribution is -0.115. The molecule has 0 fully saturated rings. The van der Waals surface area contributed by atoms with Gasteiger partial charge in [0.2, 0.25) is 5.91 Å². The maximum absolute atomic E-state index is 11.8.